The van der Waals surface area contributed by atoms with Crippen LogP contribution in [0.3, 0.4) is 0 Å². The number of ketones is 2. The van der Waals surface area contributed by atoms with Crippen LogP contribution in [0.5, 0.6) is 0 Å². The number of pyridine rings is 1. The van der Waals surface area contributed by atoms with Gasteiger partial charge in [0, 0.05) is 17.2 Å². The average Bonchev–Trinajstić information content (AvgIpc) is 3.00. The lowest BCUT2D eigenvalue weighted by Crippen LogP contribution is -2.30. The van der Waals surface area contributed by atoms with Gasteiger partial charge in [-0.2, -0.15) is 0 Å². The number of carbonyl (C=O) groups excluding carboxylic acids is 3. The van der Waals surface area contributed by atoms with Gasteiger partial charge in [0.15, 0.2) is 18.2 Å². The predicted octanol–water partition coefficient (Wildman–Crippen LogP) is 2.65. The molecule has 5 nitrogen and oxygen atoms in total. The molecule has 1 fully saturated rings. The van der Waals surface area contributed by atoms with Crippen LogP contribution in [0.1, 0.15) is 27.5 Å². The third-order valence-electron chi connectivity index (χ3n) is 5.01. The fourth-order valence-corrected chi connectivity index (χ4v) is 3.69. The summed E-state index contributed by atoms with van der Waals surface area (Å²) < 4.78 is 0. The van der Waals surface area contributed by atoms with Crippen molar-refractivity contribution < 1.29 is 19.4 Å². The number of H-pyrrole nitrogens is 1. The fraction of sp³-hybridized carbons (Fsp3) is 0.130. The maximum Gasteiger partial charge on any atom is 0.291 e. The van der Waals surface area contributed by atoms with Gasteiger partial charge in [-0.05, 0) is 11.6 Å². The molecule has 0 aliphatic carbocycles. The Hall–Kier alpha value is -3.60. The molecule has 0 bridgehead atoms. The highest BCUT2D eigenvalue weighted by Crippen LogP contribution is 2.38. The smallest absolute Gasteiger partial charge is 0.291 e. The summed E-state index contributed by atoms with van der Waals surface area (Å²) in [5.74, 6) is -2.64. The molecular weight excluding hydrogens is 352 g/mol. The van der Waals surface area contributed by atoms with Crippen molar-refractivity contribution in [3.05, 3.63) is 102 Å². The van der Waals surface area contributed by atoms with Crippen LogP contribution in [0.25, 0.3) is 0 Å². The van der Waals surface area contributed by atoms with E-state index in [0.29, 0.717) is 5.56 Å². The molecule has 1 saturated heterocycles. The zero-order valence-electron chi connectivity index (χ0n) is 15.1. The molecule has 0 spiro atoms. The molecule has 2 aromatic carbocycles. The highest BCUT2D eigenvalue weighted by atomic mass is 16.2. The first-order valence-electron chi connectivity index (χ1n) is 9.11. The van der Waals surface area contributed by atoms with E-state index in [1.54, 1.807) is 36.7 Å². The SMILES string of the molecule is O=C1C(=O)N(Cc2ccc[nH+]c2)C(c2ccccc2)C1C(=O)c1ccccc1. The van der Waals surface area contributed by atoms with Crippen LogP contribution >= 0.6 is 0 Å². The number of hydrogen-bond donors (Lipinski definition) is 0. The van der Waals surface area contributed by atoms with Crippen LogP contribution in [-0.4, -0.2) is 22.4 Å². The first-order chi connectivity index (χ1) is 13.7. The summed E-state index contributed by atoms with van der Waals surface area (Å²) in [6, 6.07) is 21.0. The number of nitrogens with one attached hydrogen (secondary N) is 1. The van der Waals surface area contributed by atoms with E-state index in [2.05, 4.69) is 4.98 Å². The van der Waals surface area contributed by atoms with Gasteiger partial charge in [-0.25, -0.2) is 4.98 Å². The molecule has 2 atom stereocenters. The summed E-state index contributed by atoms with van der Waals surface area (Å²) in [6.45, 7) is 0.250. The van der Waals surface area contributed by atoms with Crippen molar-refractivity contribution >= 4 is 17.5 Å². The molecule has 138 valence electrons. The van der Waals surface area contributed by atoms with Gasteiger partial charge >= 0.3 is 0 Å². The zero-order valence-corrected chi connectivity index (χ0v) is 15.1. The molecule has 2 unspecified atom stereocenters. The minimum Gasteiger partial charge on any atom is -0.323 e. The van der Waals surface area contributed by atoms with Gasteiger partial charge in [0.1, 0.15) is 5.92 Å². The van der Waals surface area contributed by atoms with E-state index in [4.69, 9.17) is 0 Å². The van der Waals surface area contributed by atoms with E-state index >= 15 is 0 Å². The summed E-state index contributed by atoms with van der Waals surface area (Å²) in [5, 5.41) is 0. The lowest BCUT2D eigenvalue weighted by atomic mass is 9.86. The number of nitrogens with zero attached hydrogens (tertiary/aromatic N) is 1. The van der Waals surface area contributed by atoms with Crippen LogP contribution in [0.4, 0.5) is 0 Å². The third kappa shape index (κ3) is 3.22. The minimum absolute atomic E-state index is 0.250. The Balaban J connectivity index is 1.77. The Bertz CT molecular complexity index is 1000. The topological polar surface area (TPSA) is 68.6 Å². The van der Waals surface area contributed by atoms with E-state index < -0.39 is 23.7 Å². The molecule has 28 heavy (non-hydrogen) atoms. The number of aromatic amines is 1. The summed E-state index contributed by atoms with van der Waals surface area (Å²) in [5.41, 5.74) is 2.07. The van der Waals surface area contributed by atoms with Gasteiger partial charge in [0.25, 0.3) is 5.91 Å². The summed E-state index contributed by atoms with van der Waals surface area (Å²) >= 11 is 0. The van der Waals surface area contributed by atoms with Gasteiger partial charge in [-0.15, -0.1) is 0 Å². The van der Waals surface area contributed by atoms with E-state index in [1.165, 1.54) is 4.90 Å². The number of Topliss-reactive ketones (excluding diaryl/α,β-unsaturated/α-hetero) is 2. The second-order valence-corrected chi connectivity index (χ2v) is 6.77. The lowest BCUT2D eigenvalue weighted by Gasteiger charge is -2.27. The molecule has 1 amide bonds. The molecule has 4 rings (SSSR count). The van der Waals surface area contributed by atoms with Gasteiger partial charge in [0.05, 0.1) is 12.6 Å². The van der Waals surface area contributed by atoms with Gasteiger partial charge in [-0.3, -0.25) is 14.4 Å². The molecule has 2 heterocycles. The highest BCUT2D eigenvalue weighted by molar-refractivity contribution is 6.44. The molecular formula is C23H19N2O3+. The normalized spacial score (nSPS) is 19.1. The Morgan fingerprint density at radius 3 is 2.21 bits per heavy atom. The second-order valence-electron chi connectivity index (χ2n) is 6.77. The maximum atomic E-state index is 13.2. The van der Waals surface area contributed by atoms with Crippen molar-refractivity contribution in [3.8, 4) is 0 Å². The van der Waals surface area contributed by atoms with E-state index in [1.807, 2.05) is 48.5 Å². The largest absolute Gasteiger partial charge is 0.323 e. The molecule has 0 saturated carbocycles. The Morgan fingerprint density at radius 2 is 1.57 bits per heavy atom. The Labute approximate surface area is 162 Å². The first-order valence-corrected chi connectivity index (χ1v) is 9.11. The van der Waals surface area contributed by atoms with Crippen molar-refractivity contribution in [1.82, 2.24) is 4.90 Å². The number of amides is 1. The van der Waals surface area contributed by atoms with Crippen molar-refractivity contribution in [3.63, 3.8) is 0 Å². The van der Waals surface area contributed by atoms with Gasteiger partial charge < -0.3 is 4.90 Å². The molecule has 3 aromatic rings. The van der Waals surface area contributed by atoms with Crippen molar-refractivity contribution in [2.45, 2.75) is 12.6 Å². The fourth-order valence-electron chi connectivity index (χ4n) is 3.69. The zero-order chi connectivity index (χ0) is 19.5. The van der Waals surface area contributed by atoms with E-state index in [0.717, 1.165) is 11.1 Å². The van der Waals surface area contributed by atoms with E-state index in [9.17, 15) is 14.4 Å². The maximum absolute atomic E-state index is 13.2. The predicted molar refractivity (Wildman–Crippen MR) is 102 cm³/mol. The van der Waals surface area contributed by atoms with Gasteiger partial charge in [-0.1, -0.05) is 60.7 Å². The van der Waals surface area contributed by atoms with Crippen molar-refractivity contribution in [2.24, 2.45) is 5.92 Å². The Morgan fingerprint density at radius 1 is 0.893 bits per heavy atom. The monoisotopic (exact) mass is 371 g/mol. The standard InChI is InChI=1S/C23H18N2O3/c26-21(18-11-5-2-6-12-18)19-20(17-9-3-1-4-10-17)25(23(28)22(19)27)15-16-8-7-13-24-14-16/h1-14,19-20H,15H2/p+1. The molecule has 5 heteroatoms. The Kier molecular flexibility index (Phi) is 4.81. The summed E-state index contributed by atoms with van der Waals surface area (Å²) in [4.78, 5) is 43.4. The molecule has 0 radical (unpaired) electrons. The number of likely N-dealkylation sites (tertiary alicyclic amines) is 1. The molecule has 1 N–H and O–H groups in total. The lowest BCUT2D eigenvalue weighted by molar-refractivity contribution is -0.378. The number of carbonyl (C=O) groups is 3. The van der Waals surface area contributed by atoms with E-state index in [-0.39, 0.29) is 12.3 Å². The number of benzene rings is 2. The van der Waals surface area contributed by atoms with Crippen LogP contribution in [0, 0.1) is 5.92 Å². The summed E-state index contributed by atoms with van der Waals surface area (Å²) in [7, 11) is 0. The molecule has 1 aliphatic heterocycles. The quantitative estimate of drug-likeness (QED) is 0.393. The minimum atomic E-state index is -1.05. The van der Waals surface area contributed by atoms with Crippen LogP contribution in [-0.2, 0) is 16.1 Å². The molecule has 1 aromatic heterocycles. The summed E-state index contributed by atoms with van der Waals surface area (Å²) in [6.07, 6.45) is 3.56. The van der Waals surface area contributed by atoms with Crippen LogP contribution < -0.4 is 4.98 Å². The van der Waals surface area contributed by atoms with Crippen LogP contribution in [0.2, 0.25) is 0 Å². The van der Waals surface area contributed by atoms with Crippen molar-refractivity contribution in [1.29, 1.82) is 0 Å². The highest BCUT2D eigenvalue weighted by Gasteiger charge is 2.51. The average molecular weight is 371 g/mol. The number of hydrogen-bond acceptors (Lipinski definition) is 3. The van der Waals surface area contributed by atoms with Crippen LogP contribution in [0.15, 0.2) is 85.2 Å². The molecule has 1 aliphatic rings. The third-order valence-corrected chi connectivity index (χ3v) is 5.01. The second kappa shape index (κ2) is 7.56. The van der Waals surface area contributed by atoms with Crippen molar-refractivity contribution in [2.75, 3.05) is 0 Å². The first kappa shape index (κ1) is 17.8. The van der Waals surface area contributed by atoms with Gasteiger partial charge in [0.2, 0.25) is 5.78 Å². The number of rotatable bonds is 5. The number of aromatic nitrogens is 1.